The molecule has 2 nitrogen and oxygen atoms in total. The second-order valence-electron chi connectivity index (χ2n) is 4.58. The van der Waals surface area contributed by atoms with Crippen LogP contribution in [-0.4, -0.2) is 20.0 Å². The minimum atomic E-state index is 0.244. The van der Waals surface area contributed by atoms with Crippen molar-refractivity contribution in [3.05, 3.63) is 35.4 Å². The highest BCUT2D eigenvalue weighted by atomic mass is 16.5. The van der Waals surface area contributed by atoms with Crippen LogP contribution in [0.1, 0.15) is 30.4 Å². The van der Waals surface area contributed by atoms with E-state index in [1.54, 1.807) is 7.11 Å². The number of ether oxygens (including phenoxy) is 1. The van der Waals surface area contributed by atoms with Crippen molar-refractivity contribution < 1.29 is 9.53 Å². The Balaban J connectivity index is 2.22. The van der Waals surface area contributed by atoms with Gasteiger partial charge < -0.3 is 9.53 Å². The molecule has 86 valence electrons. The standard InChI is InChI=1S/C14H18O2/c1-16-11-14(8-9-14)13-7-3-2-5-12(13)6-4-10-15/h2-3,5,7,10H,4,6,8-9,11H2,1H3. The highest BCUT2D eigenvalue weighted by Gasteiger charge is 2.45. The van der Waals surface area contributed by atoms with Crippen molar-refractivity contribution in [2.45, 2.75) is 31.1 Å². The van der Waals surface area contributed by atoms with Crippen molar-refractivity contribution in [3.63, 3.8) is 0 Å². The van der Waals surface area contributed by atoms with Crippen LogP contribution in [0.4, 0.5) is 0 Å². The Kier molecular flexibility index (Phi) is 3.39. The third-order valence-electron chi connectivity index (χ3n) is 3.39. The molecule has 0 atom stereocenters. The Morgan fingerprint density at radius 2 is 2.12 bits per heavy atom. The van der Waals surface area contributed by atoms with E-state index in [-0.39, 0.29) is 5.41 Å². The average molecular weight is 218 g/mol. The first-order valence-electron chi connectivity index (χ1n) is 5.83. The lowest BCUT2D eigenvalue weighted by Crippen LogP contribution is -2.16. The lowest BCUT2D eigenvalue weighted by molar-refractivity contribution is -0.107. The molecule has 2 rings (SSSR count). The number of carbonyl (C=O) groups excluding carboxylic acids is 1. The molecule has 2 heteroatoms. The second kappa shape index (κ2) is 4.79. The number of rotatable bonds is 6. The van der Waals surface area contributed by atoms with Gasteiger partial charge in [-0.25, -0.2) is 0 Å². The van der Waals surface area contributed by atoms with E-state index in [4.69, 9.17) is 4.74 Å². The molecule has 1 aliphatic rings. The van der Waals surface area contributed by atoms with Gasteiger partial charge in [0.2, 0.25) is 0 Å². The number of carbonyl (C=O) groups is 1. The molecule has 1 saturated carbocycles. The number of hydrogen-bond acceptors (Lipinski definition) is 2. The predicted molar refractivity (Wildman–Crippen MR) is 63.6 cm³/mol. The monoisotopic (exact) mass is 218 g/mol. The first kappa shape index (κ1) is 11.3. The third-order valence-corrected chi connectivity index (χ3v) is 3.39. The fourth-order valence-corrected chi connectivity index (χ4v) is 2.39. The van der Waals surface area contributed by atoms with Gasteiger partial charge in [0, 0.05) is 18.9 Å². The van der Waals surface area contributed by atoms with E-state index in [2.05, 4.69) is 18.2 Å². The fraction of sp³-hybridized carbons (Fsp3) is 0.500. The van der Waals surface area contributed by atoms with Gasteiger partial charge in [0.05, 0.1) is 6.61 Å². The highest BCUT2D eigenvalue weighted by Crippen LogP contribution is 2.49. The minimum Gasteiger partial charge on any atom is -0.384 e. The topological polar surface area (TPSA) is 26.3 Å². The Hall–Kier alpha value is -1.15. The van der Waals surface area contributed by atoms with Gasteiger partial charge in [-0.05, 0) is 30.4 Å². The molecule has 0 heterocycles. The van der Waals surface area contributed by atoms with E-state index < -0.39 is 0 Å². The van der Waals surface area contributed by atoms with Gasteiger partial charge in [-0.1, -0.05) is 24.3 Å². The first-order valence-corrected chi connectivity index (χ1v) is 5.83. The maximum Gasteiger partial charge on any atom is 0.120 e. The third kappa shape index (κ3) is 2.17. The van der Waals surface area contributed by atoms with Crippen molar-refractivity contribution in [1.29, 1.82) is 0 Å². The van der Waals surface area contributed by atoms with E-state index >= 15 is 0 Å². The minimum absolute atomic E-state index is 0.244. The van der Waals surface area contributed by atoms with E-state index in [0.717, 1.165) is 19.3 Å². The molecule has 1 aliphatic carbocycles. The zero-order chi connectivity index (χ0) is 11.4. The summed E-state index contributed by atoms with van der Waals surface area (Å²) in [5.74, 6) is 0. The van der Waals surface area contributed by atoms with Gasteiger partial charge >= 0.3 is 0 Å². The first-order chi connectivity index (χ1) is 7.82. The predicted octanol–water partition coefficient (Wildman–Crippen LogP) is 2.50. The van der Waals surface area contributed by atoms with Crippen molar-refractivity contribution in [2.24, 2.45) is 0 Å². The quantitative estimate of drug-likeness (QED) is 0.686. The Bertz CT molecular complexity index is 367. The molecule has 0 saturated heterocycles. The molecule has 0 N–H and O–H groups in total. The maximum atomic E-state index is 10.5. The Labute approximate surface area is 96.6 Å². The van der Waals surface area contributed by atoms with E-state index in [1.165, 1.54) is 24.0 Å². The molecule has 1 fully saturated rings. The van der Waals surface area contributed by atoms with Gasteiger partial charge in [0.25, 0.3) is 0 Å². The highest BCUT2D eigenvalue weighted by molar-refractivity contribution is 5.51. The van der Waals surface area contributed by atoms with Crippen LogP contribution in [0.3, 0.4) is 0 Å². The average Bonchev–Trinajstić information content (AvgIpc) is 3.08. The summed E-state index contributed by atoms with van der Waals surface area (Å²) in [6, 6.07) is 8.45. The smallest absolute Gasteiger partial charge is 0.120 e. The summed E-state index contributed by atoms with van der Waals surface area (Å²) in [6.45, 7) is 0.797. The van der Waals surface area contributed by atoms with Crippen molar-refractivity contribution in [2.75, 3.05) is 13.7 Å². The zero-order valence-electron chi connectivity index (χ0n) is 9.74. The lowest BCUT2D eigenvalue weighted by atomic mass is 9.90. The molecule has 0 amide bonds. The van der Waals surface area contributed by atoms with E-state index in [9.17, 15) is 4.79 Å². The van der Waals surface area contributed by atoms with Crippen LogP contribution in [-0.2, 0) is 21.4 Å². The number of methoxy groups -OCH3 is 1. The number of benzene rings is 1. The summed E-state index contributed by atoms with van der Waals surface area (Å²) in [4.78, 5) is 10.5. The molecule has 0 aliphatic heterocycles. The molecule has 0 aromatic heterocycles. The van der Waals surface area contributed by atoms with Crippen molar-refractivity contribution in [1.82, 2.24) is 0 Å². The molecule has 0 spiro atoms. The molecule has 1 aromatic rings. The van der Waals surface area contributed by atoms with Crippen molar-refractivity contribution >= 4 is 6.29 Å². The maximum absolute atomic E-state index is 10.5. The number of aryl methyl sites for hydroxylation is 1. The van der Waals surface area contributed by atoms with Crippen LogP contribution in [0.15, 0.2) is 24.3 Å². The van der Waals surface area contributed by atoms with Gasteiger partial charge in [-0.15, -0.1) is 0 Å². The summed E-state index contributed by atoms with van der Waals surface area (Å²) in [6.07, 6.45) is 4.87. The zero-order valence-corrected chi connectivity index (χ0v) is 9.74. The molecule has 16 heavy (non-hydrogen) atoms. The van der Waals surface area contributed by atoms with Crippen molar-refractivity contribution in [3.8, 4) is 0 Å². The Morgan fingerprint density at radius 3 is 2.75 bits per heavy atom. The van der Waals surface area contributed by atoms with Crippen LogP contribution >= 0.6 is 0 Å². The SMILES string of the molecule is COCC1(c2ccccc2CCC=O)CC1. The van der Waals surface area contributed by atoms with Gasteiger partial charge in [-0.3, -0.25) is 0 Å². The summed E-state index contributed by atoms with van der Waals surface area (Å²) in [5.41, 5.74) is 2.94. The van der Waals surface area contributed by atoms with Crippen LogP contribution < -0.4 is 0 Å². The van der Waals surface area contributed by atoms with Gasteiger partial charge in [0.1, 0.15) is 6.29 Å². The Morgan fingerprint density at radius 1 is 1.38 bits per heavy atom. The molecule has 0 unspecified atom stereocenters. The van der Waals surface area contributed by atoms with Crippen LogP contribution in [0.25, 0.3) is 0 Å². The molecule has 1 aromatic carbocycles. The summed E-state index contributed by atoms with van der Waals surface area (Å²) < 4.78 is 5.31. The molecular weight excluding hydrogens is 200 g/mol. The van der Waals surface area contributed by atoms with Crippen LogP contribution in [0.2, 0.25) is 0 Å². The second-order valence-corrected chi connectivity index (χ2v) is 4.58. The van der Waals surface area contributed by atoms with E-state index in [1.807, 2.05) is 6.07 Å². The number of aldehydes is 1. The van der Waals surface area contributed by atoms with Crippen LogP contribution in [0.5, 0.6) is 0 Å². The summed E-state index contributed by atoms with van der Waals surface area (Å²) in [7, 11) is 1.76. The van der Waals surface area contributed by atoms with E-state index in [0.29, 0.717) is 6.42 Å². The number of hydrogen-bond donors (Lipinski definition) is 0. The molecule has 0 radical (unpaired) electrons. The largest absolute Gasteiger partial charge is 0.384 e. The summed E-state index contributed by atoms with van der Waals surface area (Å²) >= 11 is 0. The lowest BCUT2D eigenvalue weighted by Gasteiger charge is -2.18. The fourth-order valence-electron chi connectivity index (χ4n) is 2.39. The van der Waals surface area contributed by atoms with Crippen LogP contribution in [0, 0.1) is 0 Å². The molecular formula is C14H18O2. The van der Waals surface area contributed by atoms with Gasteiger partial charge in [0.15, 0.2) is 0 Å². The summed E-state index contributed by atoms with van der Waals surface area (Å²) in [5, 5.41) is 0. The van der Waals surface area contributed by atoms with Gasteiger partial charge in [-0.2, -0.15) is 0 Å². The normalized spacial score (nSPS) is 17.1. The molecule has 0 bridgehead atoms.